The van der Waals surface area contributed by atoms with Crippen LogP contribution in [0.3, 0.4) is 0 Å². The highest BCUT2D eigenvalue weighted by molar-refractivity contribution is 8.18. The fraction of sp³-hybridized carbons (Fsp3) is 0.0526. The van der Waals surface area contributed by atoms with Crippen LogP contribution in [0.2, 0.25) is 5.02 Å². The van der Waals surface area contributed by atoms with Crippen molar-refractivity contribution < 1.29 is 14.0 Å². The zero-order chi connectivity index (χ0) is 17.8. The molecule has 0 atom stereocenters. The Morgan fingerprint density at radius 2 is 1.88 bits per heavy atom. The minimum absolute atomic E-state index is 0.0174. The summed E-state index contributed by atoms with van der Waals surface area (Å²) < 4.78 is 13.1. The van der Waals surface area contributed by atoms with Crippen LogP contribution in [0.15, 0.2) is 65.6 Å². The van der Waals surface area contributed by atoms with E-state index < -0.39 is 5.82 Å². The normalized spacial score (nSPS) is 16.4. The van der Waals surface area contributed by atoms with Crippen molar-refractivity contribution in [3.8, 4) is 0 Å². The van der Waals surface area contributed by atoms with Gasteiger partial charge in [-0.05, 0) is 41.1 Å². The molecule has 1 saturated heterocycles. The number of carbonyl (C=O) groups is 2. The van der Waals surface area contributed by atoms with E-state index in [4.69, 9.17) is 11.6 Å². The van der Waals surface area contributed by atoms with E-state index in [0.717, 1.165) is 28.3 Å². The van der Waals surface area contributed by atoms with Gasteiger partial charge in [0.05, 0.1) is 11.4 Å². The fourth-order valence-corrected chi connectivity index (χ4v) is 3.30. The van der Waals surface area contributed by atoms with Crippen molar-refractivity contribution in [3.63, 3.8) is 0 Å². The number of benzene rings is 2. The molecule has 2 aromatic carbocycles. The summed E-state index contributed by atoms with van der Waals surface area (Å²) in [5.41, 5.74) is 1.52. The number of nitrogens with zero attached hydrogens (tertiary/aromatic N) is 1. The zero-order valence-corrected chi connectivity index (χ0v) is 14.6. The molecule has 1 aliphatic rings. The fourth-order valence-electron chi connectivity index (χ4n) is 2.28. The summed E-state index contributed by atoms with van der Waals surface area (Å²) in [5, 5.41) is -0.184. The van der Waals surface area contributed by atoms with Crippen LogP contribution >= 0.6 is 23.4 Å². The van der Waals surface area contributed by atoms with E-state index in [1.54, 1.807) is 12.2 Å². The van der Waals surface area contributed by atoms with Gasteiger partial charge in [0.15, 0.2) is 0 Å². The summed E-state index contributed by atoms with van der Waals surface area (Å²) >= 11 is 6.84. The van der Waals surface area contributed by atoms with Gasteiger partial charge in [-0.15, -0.1) is 0 Å². The van der Waals surface area contributed by atoms with E-state index in [-0.39, 0.29) is 22.7 Å². The maximum absolute atomic E-state index is 13.1. The summed E-state index contributed by atoms with van der Waals surface area (Å²) in [4.78, 5) is 25.9. The number of hydrogen-bond acceptors (Lipinski definition) is 3. The minimum Gasteiger partial charge on any atom is -0.268 e. The van der Waals surface area contributed by atoms with E-state index in [1.165, 1.54) is 12.1 Å². The van der Waals surface area contributed by atoms with E-state index in [2.05, 4.69) is 0 Å². The molecule has 0 saturated carbocycles. The van der Waals surface area contributed by atoms with E-state index in [9.17, 15) is 14.0 Å². The van der Waals surface area contributed by atoms with Crippen molar-refractivity contribution in [2.45, 2.75) is 6.54 Å². The predicted octanol–water partition coefficient (Wildman–Crippen LogP) is 5.27. The number of allylic oxidation sites excluding steroid dienone is 2. The number of carbonyl (C=O) groups excluding carboxylic acids is 2. The topological polar surface area (TPSA) is 37.4 Å². The van der Waals surface area contributed by atoms with E-state index in [1.807, 2.05) is 36.4 Å². The molecule has 1 aliphatic heterocycles. The number of rotatable bonds is 4. The van der Waals surface area contributed by atoms with Gasteiger partial charge in [-0.1, -0.05) is 60.2 Å². The Balaban J connectivity index is 1.73. The lowest BCUT2D eigenvalue weighted by Gasteiger charge is -2.13. The van der Waals surface area contributed by atoms with Crippen LogP contribution in [-0.2, 0) is 11.3 Å². The molecule has 3 nitrogen and oxygen atoms in total. The molecule has 25 heavy (non-hydrogen) atoms. The molecular formula is C19H13ClFNO2S. The van der Waals surface area contributed by atoms with Gasteiger partial charge in [0.25, 0.3) is 11.1 Å². The minimum atomic E-state index is -0.464. The second-order valence-corrected chi connectivity index (χ2v) is 6.70. The molecular weight excluding hydrogens is 361 g/mol. The number of amides is 2. The molecule has 0 spiro atoms. The van der Waals surface area contributed by atoms with Gasteiger partial charge in [0, 0.05) is 5.02 Å². The van der Waals surface area contributed by atoms with Crippen molar-refractivity contribution in [2.24, 2.45) is 0 Å². The first kappa shape index (κ1) is 17.5. The third-order valence-corrected chi connectivity index (χ3v) is 4.83. The van der Waals surface area contributed by atoms with Crippen LogP contribution in [0.25, 0.3) is 6.08 Å². The Morgan fingerprint density at radius 1 is 1.12 bits per heavy atom. The first-order chi connectivity index (χ1) is 12.0. The first-order valence-corrected chi connectivity index (χ1v) is 8.65. The molecule has 0 bridgehead atoms. The molecule has 6 heteroatoms. The molecule has 0 aliphatic carbocycles. The number of imide groups is 1. The quantitative estimate of drug-likeness (QED) is 0.685. The van der Waals surface area contributed by atoms with E-state index >= 15 is 0 Å². The standard InChI is InChI=1S/C19H13ClFNO2S/c20-16-11-15(21)10-9-14(16)12-22-18(23)17(25-19(22)24)8-4-7-13-5-2-1-3-6-13/h1-11H,12H2/b7-4+,17-8-. The molecule has 1 fully saturated rings. The summed E-state index contributed by atoms with van der Waals surface area (Å²) in [6.07, 6.45) is 5.20. The van der Waals surface area contributed by atoms with Gasteiger partial charge in [0.2, 0.25) is 0 Å². The van der Waals surface area contributed by atoms with Crippen molar-refractivity contribution in [1.29, 1.82) is 0 Å². The van der Waals surface area contributed by atoms with Gasteiger partial charge in [-0.3, -0.25) is 14.5 Å². The van der Waals surface area contributed by atoms with E-state index in [0.29, 0.717) is 10.5 Å². The van der Waals surface area contributed by atoms with Crippen LogP contribution in [-0.4, -0.2) is 16.0 Å². The van der Waals surface area contributed by atoms with Crippen LogP contribution in [0.5, 0.6) is 0 Å². The third kappa shape index (κ3) is 4.18. The maximum Gasteiger partial charge on any atom is 0.293 e. The van der Waals surface area contributed by atoms with Gasteiger partial charge < -0.3 is 0 Å². The molecule has 0 radical (unpaired) electrons. The second kappa shape index (κ2) is 7.68. The highest BCUT2D eigenvalue weighted by atomic mass is 35.5. The van der Waals surface area contributed by atoms with Crippen molar-refractivity contribution in [3.05, 3.63) is 87.6 Å². The molecule has 0 aromatic heterocycles. The lowest BCUT2D eigenvalue weighted by atomic mass is 10.2. The molecule has 2 aromatic rings. The van der Waals surface area contributed by atoms with Gasteiger partial charge in [-0.2, -0.15) is 0 Å². The monoisotopic (exact) mass is 373 g/mol. The van der Waals surface area contributed by atoms with Crippen LogP contribution < -0.4 is 0 Å². The van der Waals surface area contributed by atoms with Crippen molar-refractivity contribution in [1.82, 2.24) is 4.90 Å². The Bertz CT molecular complexity index is 880. The Hall–Kier alpha value is -2.37. The third-order valence-electron chi connectivity index (χ3n) is 3.55. The molecule has 0 unspecified atom stereocenters. The van der Waals surface area contributed by atoms with Gasteiger partial charge in [0.1, 0.15) is 5.82 Å². The lowest BCUT2D eigenvalue weighted by molar-refractivity contribution is -0.123. The van der Waals surface area contributed by atoms with Crippen LogP contribution in [0, 0.1) is 5.82 Å². The molecule has 126 valence electrons. The highest BCUT2D eigenvalue weighted by Gasteiger charge is 2.34. The van der Waals surface area contributed by atoms with Crippen molar-refractivity contribution >= 4 is 40.6 Å². The van der Waals surface area contributed by atoms with Gasteiger partial charge >= 0.3 is 0 Å². The lowest BCUT2D eigenvalue weighted by Crippen LogP contribution is -2.27. The summed E-state index contributed by atoms with van der Waals surface area (Å²) in [7, 11) is 0. The largest absolute Gasteiger partial charge is 0.293 e. The Morgan fingerprint density at radius 3 is 2.60 bits per heavy atom. The SMILES string of the molecule is O=C1S/C(=C\C=C\c2ccccc2)C(=O)N1Cc1ccc(F)cc1Cl. The molecule has 0 N–H and O–H groups in total. The summed E-state index contributed by atoms with van der Waals surface area (Å²) in [5.74, 6) is -0.845. The summed E-state index contributed by atoms with van der Waals surface area (Å²) in [6, 6.07) is 13.5. The first-order valence-electron chi connectivity index (χ1n) is 7.45. The maximum atomic E-state index is 13.1. The smallest absolute Gasteiger partial charge is 0.268 e. The molecule has 3 rings (SSSR count). The zero-order valence-electron chi connectivity index (χ0n) is 13.0. The predicted molar refractivity (Wildman–Crippen MR) is 98.5 cm³/mol. The highest BCUT2D eigenvalue weighted by Crippen LogP contribution is 2.33. The van der Waals surface area contributed by atoms with Crippen LogP contribution in [0.1, 0.15) is 11.1 Å². The number of thioether (sulfide) groups is 1. The Kier molecular flexibility index (Phi) is 5.36. The average molecular weight is 374 g/mol. The van der Waals surface area contributed by atoms with Crippen LogP contribution in [0.4, 0.5) is 9.18 Å². The van der Waals surface area contributed by atoms with Crippen molar-refractivity contribution in [2.75, 3.05) is 0 Å². The Labute approximate surface area is 153 Å². The molecule has 2 amide bonds. The van der Waals surface area contributed by atoms with Gasteiger partial charge in [-0.25, -0.2) is 4.39 Å². The number of halogens is 2. The summed E-state index contributed by atoms with van der Waals surface area (Å²) in [6.45, 7) is 0.0174. The number of hydrogen-bond donors (Lipinski definition) is 0. The molecule has 1 heterocycles. The average Bonchev–Trinajstić information content (AvgIpc) is 2.86. The second-order valence-electron chi connectivity index (χ2n) is 5.30.